The van der Waals surface area contributed by atoms with E-state index in [1.54, 1.807) is 0 Å². The first-order valence-electron chi connectivity index (χ1n) is 10.8. The molecule has 0 fully saturated rings. The zero-order valence-corrected chi connectivity index (χ0v) is 18.2. The van der Waals surface area contributed by atoms with Crippen LogP contribution in [0.2, 0.25) is 0 Å². The van der Waals surface area contributed by atoms with Crippen molar-refractivity contribution in [3.05, 3.63) is 102 Å². The number of fused-ring (bicyclic) bond motifs is 1. The van der Waals surface area contributed by atoms with Crippen molar-refractivity contribution in [3.8, 4) is 0 Å². The number of aromatic nitrogens is 3. The first-order chi connectivity index (χ1) is 15.8. The number of guanidine groups is 1. The summed E-state index contributed by atoms with van der Waals surface area (Å²) in [5, 5.41) is 15.1. The molecule has 2 N–H and O–H groups in total. The van der Waals surface area contributed by atoms with Gasteiger partial charge in [0.1, 0.15) is 0 Å². The van der Waals surface area contributed by atoms with Crippen molar-refractivity contribution < 1.29 is 4.74 Å². The summed E-state index contributed by atoms with van der Waals surface area (Å²) < 4.78 is 7.83. The predicted octanol–water partition coefficient (Wildman–Crippen LogP) is 3.70. The number of hydrogen-bond acceptors (Lipinski definition) is 4. The molecule has 0 aliphatic heterocycles. The predicted molar refractivity (Wildman–Crippen MR) is 126 cm³/mol. The largest absolute Gasteiger partial charge is 0.372 e. The van der Waals surface area contributed by atoms with Gasteiger partial charge in [-0.25, -0.2) is 4.99 Å². The minimum atomic E-state index is 0.532. The third kappa shape index (κ3) is 5.92. The van der Waals surface area contributed by atoms with Crippen LogP contribution in [0.3, 0.4) is 0 Å². The van der Waals surface area contributed by atoms with Crippen LogP contribution in [-0.4, -0.2) is 27.1 Å². The van der Waals surface area contributed by atoms with Crippen molar-refractivity contribution in [2.75, 3.05) is 6.54 Å². The third-order valence-electron chi connectivity index (χ3n) is 4.93. The molecular weight excluding hydrogens is 400 g/mol. The highest BCUT2D eigenvalue weighted by atomic mass is 16.5. The first-order valence-corrected chi connectivity index (χ1v) is 10.8. The Morgan fingerprint density at radius 3 is 2.53 bits per heavy atom. The van der Waals surface area contributed by atoms with Crippen molar-refractivity contribution >= 4 is 11.6 Å². The van der Waals surface area contributed by atoms with E-state index >= 15 is 0 Å². The van der Waals surface area contributed by atoms with Crippen molar-refractivity contribution in [2.24, 2.45) is 4.99 Å². The van der Waals surface area contributed by atoms with Gasteiger partial charge in [0.25, 0.3) is 0 Å². The molecule has 0 spiro atoms. The van der Waals surface area contributed by atoms with Crippen molar-refractivity contribution in [3.63, 3.8) is 0 Å². The molecule has 4 rings (SSSR count). The van der Waals surface area contributed by atoms with Gasteiger partial charge in [0.15, 0.2) is 17.4 Å². The number of rotatable bonds is 9. The van der Waals surface area contributed by atoms with Gasteiger partial charge in [0.2, 0.25) is 0 Å². The van der Waals surface area contributed by atoms with E-state index in [9.17, 15) is 0 Å². The molecule has 4 aromatic rings. The number of ether oxygens (including phenoxy) is 1. The molecular formula is C25H28N6O. The van der Waals surface area contributed by atoms with Gasteiger partial charge in [0.05, 0.1) is 26.3 Å². The van der Waals surface area contributed by atoms with Crippen LogP contribution in [0.4, 0.5) is 0 Å². The SMILES string of the molecule is CCNC(=NCc1cccc(COCc2ccccc2)c1)NCc1nnc2ccccn12. The Labute approximate surface area is 188 Å². The van der Waals surface area contributed by atoms with Gasteiger partial charge in [-0.05, 0) is 35.7 Å². The zero-order valence-electron chi connectivity index (χ0n) is 18.2. The van der Waals surface area contributed by atoms with Crippen molar-refractivity contribution in [2.45, 2.75) is 33.2 Å². The number of aliphatic imine (C=N–C) groups is 1. The summed E-state index contributed by atoms with van der Waals surface area (Å²) >= 11 is 0. The number of nitrogens with one attached hydrogen (secondary N) is 2. The van der Waals surface area contributed by atoms with Crippen molar-refractivity contribution in [1.82, 2.24) is 25.2 Å². The maximum Gasteiger partial charge on any atom is 0.191 e. The van der Waals surface area contributed by atoms with Crippen molar-refractivity contribution in [1.29, 1.82) is 0 Å². The molecule has 0 aliphatic rings. The Bertz CT molecular complexity index is 1160. The van der Waals surface area contributed by atoms with Gasteiger partial charge in [-0.15, -0.1) is 10.2 Å². The average Bonchev–Trinajstić information content (AvgIpc) is 3.25. The molecule has 0 saturated heterocycles. The molecule has 164 valence electrons. The Hall–Kier alpha value is -3.71. The molecule has 0 saturated carbocycles. The molecule has 32 heavy (non-hydrogen) atoms. The maximum atomic E-state index is 5.86. The fourth-order valence-electron chi connectivity index (χ4n) is 3.37. The van der Waals surface area contributed by atoms with E-state index in [-0.39, 0.29) is 0 Å². The van der Waals surface area contributed by atoms with E-state index in [4.69, 9.17) is 9.73 Å². The smallest absolute Gasteiger partial charge is 0.191 e. The normalized spacial score (nSPS) is 11.6. The van der Waals surface area contributed by atoms with Gasteiger partial charge in [-0.3, -0.25) is 4.40 Å². The van der Waals surface area contributed by atoms with E-state index in [1.165, 1.54) is 5.56 Å². The van der Waals surface area contributed by atoms with E-state index in [0.717, 1.165) is 35.1 Å². The van der Waals surface area contributed by atoms with Crippen LogP contribution in [-0.2, 0) is 31.0 Å². The van der Waals surface area contributed by atoms with Crippen LogP contribution in [0.1, 0.15) is 29.4 Å². The van der Waals surface area contributed by atoms with Crippen LogP contribution in [0, 0.1) is 0 Å². The molecule has 7 nitrogen and oxygen atoms in total. The summed E-state index contributed by atoms with van der Waals surface area (Å²) in [4.78, 5) is 4.73. The molecule has 0 radical (unpaired) electrons. The summed E-state index contributed by atoms with van der Waals surface area (Å²) in [6, 6.07) is 24.4. The van der Waals surface area contributed by atoms with Gasteiger partial charge in [-0.2, -0.15) is 0 Å². The van der Waals surface area contributed by atoms with Crippen LogP contribution in [0.25, 0.3) is 5.65 Å². The highest BCUT2D eigenvalue weighted by molar-refractivity contribution is 5.79. The molecule has 0 aliphatic carbocycles. The molecule has 0 unspecified atom stereocenters. The highest BCUT2D eigenvalue weighted by Gasteiger charge is 2.06. The van der Waals surface area contributed by atoms with Gasteiger partial charge in [0, 0.05) is 12.7 Å². The van der Waals surface area contributed by atoms with E-state index in [1.807, 2.05) is 53.9 Å². The molecule has 7 heteroatoms. The van der Waals surface area contributed by atoms with E-state index in [0.29, 0.717) is 26.3 Å². The lowest BCUT2D eigenvalue weighted by atomic mass is 10.1. The summed E-state index contributed by atoms with van der Waals surface area (Å²) in [5.41, 5.74) is 4.28. The molecule has 0 atom stereocenters. The molecule has 0 amide bonds. The Kier molecular flexibility index (Phi) is 7.44. The lowest BCUT2D eigenvalue weighted by Gasteiger charge is -2.11. The number of benzene rings is 2. The van der Waals surface area contributed by atoms with Crippen LogP contribution >= 0.6 is 0 Å². The Balaban J connectivity index is 1.33. The summed E-state index contributed by atoms with van der Waals surface area (Å²) in [6.07, 6.45) is 1.96. The second-order valence-corrected chi connectivity index (χ2v) is 7.39. The zero-order chi connectivity index (χ0) is 22.0. The molecule has 2 aromatic carbocycles. The number of hydrogen-bond donors (Lipinski definition) is 2. The topological polar surface area (TPSA) is 75.8 Å². The standard InChI is InChI=1S/C25H28N6O/c1-2-26-25(28-17-24-30-29-23-13-6-7-14-31(23)24)27-16-21-11-8-12-22(15-21)19-32-18-20-9-4-3-5-10-20/h3-15H,2,16-19H2,1H3,(H2,26,27,28). The summed E-state index contributed by atoms with van der Waals surface area (Å²) in [6.45, 7) is 5.11. The highest BCUT2D eigenvalue weighted by Crippen LogP contribution is 2.10. The lowest BCUT2D eigenvalue weighted by molar-refractivity contribution is 0.107. The summed E-state index contributed by atoms with van der Waals surface area (Å²) in [5.74, 6) is 1.58. The minimum absolute atomic E-state index is 0.532. The quantitative estimate of drug-likeness (QED) is 0.314. The van der Waals surface area contributed by atoms with Crippen LogP contribution < -0.4 is 10.6 Å². The second kappa shape index (κ2) is 11.1. The third-order valence-corrected chi connectivity index (χ3v) is 4.93. The van der Waals surface area contributed by atoms with Gasteiger partial charge >= 0.3 is 0 Å². The van der Waals surface area contributed by atoms with E-state index in [2.05, 4.69) is 57.2 Å². The average molecular weight is 429 g/mol. The van der Waals surface area contributed by atoms with Gasteiger partial charge in [-0.1, -0.05) is 60.7 Å². The van der Waals surface area contributed by atoms with E-state index < -0.39 is 0 Å². The summed E-state index contributed by atoms with van der Waals surface area (Å²) in [7, 11) is 0. The molecule has 2 aromatic heterocycles. The Morgan fingerprint density at radius 1 is 0.875 bits per heavy atom. The molecule has 0 bridgehead atoms. The van der Waals surface area contributed by atoms with Gasteiger partial charge < -0.3 is 15.4 Å². The van der Waals surface area contributed by atoms with Crippen LogP contribution in [0.15, 0.2) is 84.0 Å². The monoisotopic (exact) mass is 428 g/mol. The second-order valence-electron chi connectivity index (χ2n) is 7.39. The number of pyridine rings is 1. The molecule has 2 heterocycles. The fourth-order valence-corrected chi connectivity index (χ4v) is 3.37. The fraction of sp³-hybridized carbons (Fsp3) is 0.240. The maximum absolute atomic E-state index is 5.86. The van der Waals surface area contributed by atoms with Crippen LogP contribution in [0.5, 0.6) is 0 Å². The Morgan fingerprint density at radius 2 is 1.66 bits per heavy atom. The number of nitrogens with zero attached hydrogens (tertiary/aromatic N) is 4. The minimum Gasteiger partial charge on any atom is -0.372 e. The lowest BCUT2D eigenvalue weighted by Crippen LogP contribution is -2.37. The first kappa shape index (κ1) is 21.5.